The lowest BCUT2D eigenvalue weighted by Gasteiger charge is -2.18. The van der Waals surface area contributed by atoms with E-state index in [1.54, 1.807) is 43.8 Å². The lowest BCUT2D eigenvalue weighted by atomic mass is 10.0. The molecule has 19 heavy (non-hydrogen) atoms. The van der Waals surface area contributed by atoms with Crippen LogP contribution in [0.5, 0.6) is 0 Å². The quantitative estimate of drug-likeness (QED) is 0.641. The van der Waals surface area contributed by atoms with Crippen molar-refractivity contribution in [3.63, 3.8) is 0 Å². The van der Waals surface area contributed by atoms with Gasteiger partial charge in [-0.05, 0) is 64.5 Å². The van der Waals surface area contributed by atoms with Crippen molar-refractivity contribution in [2.75, 3.05) is 0 Å². The van der Waals surface area contributed by atoms with Gasteiger partial charge in [0.2, 0.25) is 0 Å². The Morgan fingerprint density at radius 3 is 1.11 bits per heavy atom. The zero-order valence-electron chi connectivity index (χ0n) is 13.9. The van der Waals surface area contributed by atoms with Crippen molar-refractivity contribution in [2.45, 2.75) is 55.4 Å². The fourth-order valence-corrected chi connectivity index (χ4v) is 6.37. The van der Waals surface area contributed by atoms with Crippen LogP contribution in [0.2, 0.25) is 0 Å². The van der Waals surface area contributed by atoms with E-state index < -0.39 is 0 Å². The predicted octanol–water partition coefficient (Wildman–Crippen LogP) is 4.68. The molecule has 0 heterocycles. The second-order valence-corrected chi connectivity index (χ2v) is 8.41. The smallest absolute Gasteiger partial charge is 0.0731 e. The van der Waals surface area contributed by atoms with Crippen LogP contribution >= 0.6 is 0 Å². The van der Waals surface area contributed by atoms with Gasteiger partial charge >= 0.3 is 0 Å². The summed E-state index contributed by atoms with van der Waals surface area (Å²) in [5.41, 5.74) is 9.52. The summed E-state index contributed by atoms with van der Waals surface area (Å²) >= 11 is 0. The molecule has 0 nitrogen and oxygen atoms in total. The predicted molar refractivity (Wildman–Crippen MR) is 89.0 cm³/mol. The van der Waals surface area contributed by atoms with Crippen LogP contribution in [0.4, 0.5) is 0 Å². The second-order valence-electron chi connectivity index (χ2n) is 6.54. The van der Waals surface area contributed by atoms with Crippen molar-refractivity contribution >= 4 is 9.52 Å². The molecule has 0 fully saturated rings. The van der Waals surface area contributed by atoms with E-state index in [2.05, 4.69) is 55.4 Å². The summed E-state index contributed by atoms with van der Waals surface area (Å²) in [5, 5.41) is 3.58. The van der Waals surface area contributed by atoms with Gasteiger partial charge in [-0.1, -0.05) is 46.5 Å². The molecule has 0 aromatic carbocycles. The SMILES string of the molecule is CC1=C(C)C(C)C([SiH2]C2=C(C)C(C)=C(C)C2C)=C1C. The van der Waals surface area contributed by atoms with Gasteiger partial charge in [-0.25, -0.2) is 0 Å². The van der Waals surface area contributed by atoms with Gasteiger partial charge < -0.3 is 0 Å². The lowest BCUT2D eigenvalue weighted by molar-refractivity contribution is 0.837. The van der Waals surface area contributed by atoms with Gasteiger partial charge in [-0.2, -0.15) is 0 Å². The molecule has 2 aliphatic carbocycles. The Bertz CT molecular complexity index is 502. The molecule has 0 radical (unpaired) electrons. The highest BCUT2D eigenvalue weighted by Crippen LogP contribution is 2.41. The van der Waals surface area contributed by atoms with Crippen LogP contribution in [0, 0.1) is 11.8 Å². The number of hydrogen-bond donors (Lipinski definition) is 0. The fourth-order valence-electron chi connectivity index (χ4n) is 3.67. The Morgan fingerprint density at radius 1 is 0.579 bits per heavy atom. The molecule has 0 bridgehead atoms. The van der Waals surface area contributed by atoms with Crippen molar-refractivity contribution in [3.05, 3.63) is 43.8 Å². The van der Waals surface area contributed by atoms with E-state index in [0.29, 0.717) is 11.8 Å². The Kier molecular flexibility index (Phi) is 3.79. The number of rotatable bonds is 2. The van der Waals surface area contributed by atoms with Crippen molar-refractivity contribution in [1.29, 1.82) is 0 Å². The normalized spacial score (nSPS) is 29.1. The Labute approximate surface area is 121 Å². The van der Waals surface area contributed by atoms with Crippen LogP contribution in [-0.2, 0) is 0 Å². The summed E-state index contributed by atoms with van der Waals surface area (Å²) in [4.78, 5) is 0. The molecule has 0 N–H and O–H groups in total. The highest BCUT2D eigenvalue weighted by Gasteiger charge is 2.29. The van der Waals surface area contributed by atoms with E-state index in [9.17, 15) is 0 Å². The summed E-state index contributed by atoms with van der Waals surface area (Å²) in [6.45, 7) is 18.7. The summed E-state index contributed by atoms with van der Waals surface area (Å²) < 4.78 is 0. The maximum atomic E-state index is 2.40. The molecule has 0 spiro atoms. The third-order valence-corrected chi connectivity index (χ3v) is 9.04. The average Bonchev–Trinajstić information content (AvgIpc) is 2.68. The Morgan fingerprint density at radius 2 is 0.895 bits per heavy atom. The highest BCUT2D eigenvalue weighted by atomic mass is 28.2. The van der Waals surface area contributed by atoms with Crippen molar-refractivity contribution in [2.24, 2.45) is 11.8 Å². The molecule has 1 heteroatoms. The summed E-state index contributed by atoms with van der Waals surface area (Å²) in [6.07, 6.45) is 0. The monoisotopic (exact) mass is 272 g/mol. The van der Waals surface area contributed by atoms with Crippen molar-refractivity contribution in [3.8, 4) is 0 Å². The van der Waals surface area contributed by atoms with E-state index in [1.165, 1.54) is 0 Å². The summed E-state index contributed by atoms with van der Waals surface area (Å²) in [6, 6.07) is 0. The molecule has 2 rings (SSSR count). The second kappa shape index (κ2) is 4.94. The maximum absolute atomic E-state index is 2.40. The Hall–Kier alpha value is -0.823. The maximum Gasteiger partial charge on any atom is 0.0796 e. The summed E-state index contributed by atoms with van der Waals surface area (Å²) in [7, 11) is -0.277. The van der Waals surface area contributed by atoms with Crippen LogP contribution in [0.3, 0.4) is 0 Å². The van der Waals surface area contributed by atoms with Crippen LogP contribution in [0.15, 0.2) is 43.8 Å². The topological polar surface area (TPSA) is 0 Å². The largest absolute Gasteiger partial charge is 0.0796 e. The van der Waals surface area contributed by atoms with E-state index in [-0.39, 0.29) is 9.52 Å². The minimum atomic E-state index is -0.277. The van der Waals surface area contributed by atoms with E-state index in [4.69, 9.17) is 0 Å². The molecule has 2 aliphatic rings. The van der Waals surface area contributed by atoms with Gasteiger partial charge in [0.1, 0.15) is 0 Å². The van der Waals surface area contributed by atoms with Gasteiger partial charge in [0.15, 0.2) is 0 Å². The standard InChI is InChI=1S/C18H28Si/c1-9-10(2)14(6)17(13(9)5)19-18-15(7)11(3)12(4)16(18)8/h13,15H,19H2,1-8H3. The number of hydrogen-bond acceptors (Lipinski definition) is 0. The van der Waals surface area contributed by atoms with Gasteiger partial charge in [0.25, 0.3) is 0 Å². The Balaban J connectivity index is 2.32. The molecular formula is C18H28Si. The molecule has 2 atom stereocenters. The molecule has 0 aromatic rings. The molecule has 104 valence electrons. The fraction of sp³-hybridized carbons (Fsp3) is 0.556. The molecule has 0 aromatic heterocycles. The molecule has 2 unspecified atom stereocenters. The van der Waals surface area contributed by atoms with Gasteiger partial charge in [0, 0.05) is 0 Å². The molecule has 0 aliphatic heterocycles. The lowest BCUT2D eigenvalue weighted by Crippen LogP contribution is -2.13. The first-order valence-electron chi connectivity index (χ1n) is 7.52. The third kappa shape index (κ3) is 2.12. The molecule has 0 saturated heterocycles. The minimum absolute atomic E-state index is 0.277. The average molecular weight is 273 g/mol. The van der Waals surface area contributed by atoms with Crippen LogP contribution in [-0.4, -0.2) is 9.52 Å². The molecule has 0 amide bonds. The van der Waals surface area contributed by atoms with Crippen LogP contribution in [0.1, 0.15) is 55.4 Å². The third-order valence-electron chi connectivity index (χ3n) is 6.00. The van der Waals surface area contributed by atoms with Crippen LogP contribution < -0.4 is 0 Å². The minimum Gasteiger partial charge on any atom is -0.0731 e. The molecule has 0 saturated carbocycles. The first-order chi connectivity index (χ1) is 8.77. The number of allylic oxidation sites excluding steroid dienone is 8. The first kappa shape index (κ1) is 14.6. The van der Waals surface area contributed by atoms with E-state index >= 15 is 0 Å². The first-order valence-corrected chi connectivity index (χ1v) is 8.93. The zero-order chi connectivity index (χ0) is 14.5. The zero-order valence-corrected chi connectivity index (χ0v) is 15.3. The van der Waals surface area contributed by atoms with E-state index in [1.807, 2.05) is 0 Å². The summed E-state index contributed by atoms with van der Waals surface area (Å²) in [5.74, 6) is 1.39. The highest BCUT2D eigenvalue weighted by molar-refractivity contribution is 6.55. The van der Waals surface area contributed by atoms with Gasteiger partial charge in [-0.3, -0.25) is 0 Å². The van der Waals surface area contributed by atoms with Crippen molar-refractivity contribution < 1.29 is 0 Å². The van der Waals surface area contributed by atoms with Gasteiger partial charge in [0.05, 0.1) is 9.52 Å². The van der Waals surface area contributed by atoms with E-state index in [0.717, 1.165) is 0 Å². The van der Waals surface area contributed by atoms with Gasteiger partial charge in [-0.15, -0.1) is 0 Å². The molecular weight excluding hydrogens is 244 g/mol. The van der Waals surface area contributed by atoms with Crippen molar-refractivity contribution in [1.82, 2.24) is 0 Å². The van der Waals surface area contributed by atoms with Crippen LogP contribution in [0.25, 0.3) is 0 Å².